The Morgan fingerprint density at radius 3 is 2.73 bits per heavy atom. The van der Waals surface area contributed by atoms with Crippen molar-refractivity contribution in [3.63, 3.8) is 0 Å². The van der Waals surface area contributed by atoms with Crippen molar-refractivity contribution in [2.45, 2.75) is 6.10 Å². The van der Waals surface area contributed by atoms with Gasteiger partial charge in [-0.25, -0.2) is 4.98 Å². The number of halogens is 2. The molecule has 1 atom stereocenters. The van der Waals surface area contributed by atoms with Gasteiger partial charge in [-0.15, -0.1) is 0 Å². The molecule has 0 bridgehead atoms. The van der Waals surface area contributed by atoms with Crippen molar-refractivity contribution < 1.29 is 9.47 Å². The average Bonchev–Trinajstić information content (AvgIpc) is 2.53. The standard InChI is InChI=1S/C16H10Cl2N2O2/c17-14-13-15(20-16(18)19-14)22-12(8-21-13)11-7-3-5-9-4-1-2-6-10(9)11/h1-7,12H,8H2. The smallest absolute Gasteiger partial charge is 0.263 e. The molecule has 1 aliphatic rings. The minimum atomic E-state index is -0.277. The highest BCUT2D eigenvalue weighted by Crippen LogP contribution is 2.40. The molecule has 1 aliphatic heterocycles. The van der Waals surface area contributed by atoms with E-state index >= 15 is 0 Å². The van der Waals surface area contributed by atoms with Crippen LogP contribution in [0.3, 0.4) is 0 Å². The van der Waals surface area contributed by atoms with Gasteiger partial charge in [0, 0.05) is 5.56 Å². The van der Waals surface area contributed by atoms with E-state index in [0.717, 1.165) is 16.3 Å². The number of hydrogen-bond acceptors (Lipinski definition) is 4. The van der Waals surface area contributed by atoms with Crippen molar-refractivity contribution in [1.82, 2.24) is 9.97 Å². The minimum absolute atomic E-state index is 0.0333. The van der Waals surface area contributed by atoms with Gasteiger partial charge in [-0.3, -0.25) is 0 Å². The van der Waals surface area contributed by atoms with Crippen LogP contribution in [0.15, 0.2) is 42.5 Å². The summed E-state index contributed by atoms with van der Waals surface area (Å²) in [5.41, 5.74) is 1.04. The van der Waals surface area contributed by atoms with Crippen molar-refractivity contribution in [1.29, 1.82) is 0 Å². The van der Waals surface area contributed by atoms with E-state index in [-0.39, 0.29) is 22.4 Å². The highest BCUT2D eigenvalue weighted by atomic mass is 35.5. The summed E-state index contributed by atoms with van der Waals surface area (Å²) in [6.07, 6.45) is -0.277. The van der Waals surface area contributed by atoms with Gasteiger partial charge in [0.2, 0.25) is 11.0 Å². The van der Waals surface area contributed by atoms with Crippen LogP contribution in [-0.2, 0) is 0 Å². The van der Waals surface area contributed by atoms with E-state index < -0.39 is 0 Å². The van der Waals surface area contributed by atoms with Crippen LogP contribution >= 0.6 is 23.2 Å². The summed E-state index contributed by atoms with van der Waals surface area (Å²) in [6, 6.07) is 14.2. The van der Waals surface area contributed by atoms with Crippen molar-refractivity contribution in [2.24, 2.45) is 0 Å². The van der Waals surface area contributed by atoms with E-state index in [9.17, 15) is 0 Å². The molecule has 2 heterocycles. The Bertz CT molecular complexity index is 865. The number of ether oxygens (including phenoxy) is 2. The molecule has 0 spiro atoms. The Hall–Kier alpha value is -2.04. The first-order chi connectivity index (χ1) is 10.7. The van der Waals surface area contributed by atoms with Crippen LogP contribution in [0.5, 0.6) is 11.6 Å². The van der Waals surface area contributed by atoms with Gasteiger partial charge in [-0.1, -0.05) is 54.1 Å². The zero-order chi connectivity index (χ0) is 15.1. The minimum Gasteiger partial charge on any atom is -0.481 e. The summed E-state index contributed by atoms with van der Waals surface area (Å²) in [4.78, 5) is 7.90. The Morgan fingerprint density at radius 2 is 1.82 bits per heavy atom. The lowest BCUT2D eigenvalue weighted by Crippen LogP contribution is -2.23. The van der Waals surface area contributed by atoms with Crippen molar-refractivity contribution in [3.8, 4) is 11.6 Å². The molecular formula is C16H10Cl2N2O2. The van der Waals surface area contributed by atoms with Crippen LogP contribution < -0.4 is 9.47 Å². The summed E-state index contributed by atoms with van der Waals surface area (Å²) in [5.74, 6) is 0.608. The maximum Gasteiger partial charge on any atom is 0.263 e. The van der Waals surface area contributed by atoms with E-state index in [2.05, 4.69) is 28.2 Å². The van der Waals surface area contributed by atoms with Crippen LogP contribution in [0.4, 0.5) is 0 Å². The third-order valence-corrected chi connectivity index (χ3v) is 3.99. The van der Waals surface area contributed by atoms with Gasteiger partial charge in [0.05, 0.1) is 0 Å². The first kappa shape index (κ1) is 13.6. The first-order valence-corrected chi connectivity index (χ1v) is 7.48. The number of aromatic nitrogens is 2. The predicted molar refractivity (Wildman–Crippen MR) is 84.9 cm³/mol. The highest BCUT2D eigenvalue weighted by Gasteiger charge is 2.28. The molecule has 0 aliphatic carbocycles. The summed E-state index contributed by atoms with van der Waals surface area (Å²) in [7, 11) is 0. The third kappa shape index (κ3) is 2.25. The summed E-state index contributed by atoms with van der Waals surface area (Å²) in [5, 5.41) is 2.46. The molecule has 4 rings (SSSR count). The van der Waals surface area contributed by atoms with Crippen LogP contribution in [0.25, 0.3) is 10.8 Å². The van der Waals surface area contributed by atoms with Gasteiger partial charge in [-0.05, 0) is 22.4 Å². The van der Waals surface area contributed by atoms with Crippen molar-refractivity contribution in [3.05, 3.63) is 58.5 Å². The van der Waals surface area contributed by atoms with Crippen molar-refractivity contribution >= 4 is 34.0 Å². The average molecular weight is 333 g/mol. The fraction of sp³-hybridized carbons (Fsp3) is 0.125. The molecule has 0 fully saturated rings. The fourth-order valence-electron chi connectivity index (χ4n) is 2.59. The Labute approximate surface area is 136 Å². The summed E-state index contributed by atoms with van der Waals surface area (Å²) < 4.78 is 11.6. The zero-order valence-electron chi connectivity index (χ0n) is 11.3. The van der Waals surface area contributed by atoms with Gasteiger partial charge in [0.15, 0.2) is 11.3 Å². The second-order valence-corrected chi connectivity index (χ2v) is 5.60. The Morgan fingerprint density at radius 1 is 1.00 bits per heavy atom. The Kier molecular flexibility index (Phi) is 3.28. The normalized spacial score (nSPS) is 16.7. The van der Waals surface area contributed by atoms with Gasteiger partial charge in [0.1, 0.15) is 6.61 Å². The molecule has 22 heavy (non-hydrogen) atoms. The molecule has 1 aromatic heterocycles. The van der Waals surface area contributed by atoms with Gasteiger partial charge >= 0.3 is 0 Å². The van der Waals surface area contributed by atoms with E-state index in [1.54, 1.807) is 0 Å². The molecule has 6 heteroatoms. The molecule has 0 amide bonds. The third-order valence-electron chi connectivity index (χ3n) is 3.57. The fourth-order valence-corrected chi connectivity index (χ4v) is 3.01. The van der Waals surface area contributed by atoms with E-state index in [1.807, 2.05) is 24.3 Å². The number of fused-ring (bicyclic) bond motifs is 2. The molecular weight excluding hydrogens is 323 g/mol. The number of benzene rings is 2. The Balaban J connectivity index is 1.78. The zero-order valence-corrected chi connectivity index (χ0v) is 12.8. The molecule has 3 aromatic rings. The van der Waals surface area contributed by atoms with E-state index in [1.165, 1.54) is 0 Å². The molecule has 1 unspecified atom stereocenters. The topological polar surface area (TPSA) is 44.2 Å². The van der Waals surface area contributed by atoms with E-state index in [4.69, 9.17) is 32.7 Å². The van der Waals surface area contributed by atoms with Gasteiger partial charge in [0.25, 0.3) is 5.88 Å². The van der Waals surface area contributed by atoms with Crippen LogP contribution in [-0.4, -0.2) is 16.6 Å². The number of rotatable bonds is 1. The molecule has 0 saturated heterocycles. The number of nitrogens with zero attached hydrogens (tertiary/aromatic N) is 2. The van der Waals surface area contributed by atoms with Crippen LogP contribution in [0, 0.1) is 0 Å². The lowest BCUT2D eigenvalue weighted by atomic mass is 10.0. The molecule has 0 N–H and O–H groups in total. The maximum atomic E-state index is 6.00. The predicted octanol–water partition coefficient (Wildman–Crippen LogP) is 4.45. The highest BCUT2D eigenvalue weighted by molar-refractivity contribution is 6.33. The SMILES string of the molecule is Clc1nc(Cl)c2c(n1)OC(c1cccc3ccccc13)CO2. The summed E-state index contributed by atoms with van der Waals surface area (Å²) >= 11 is 11.8. The monoisotopic (exact) mass is 332 g/mol. The van der Waals surface area contributed by atoms with Gasteiger partial charge < -0.3 is 9.47 Å². The molecule has 0 saturated carbocycles. The van der Waals surface area contributed by atoms with Crippen LogP contribution in [0.2, 0.25) is 10.4 Å². The van der Waals surface area contributed by atoms with E-state index in [0.29, 0.717) is 12.4 Å². The second-order valence-electron chi connectivity index (χ2n) is 4.90. The summed E-state index contributed by atoms with van der Waals surface area (Å²) in [6.45, 7) is 0.339. The van der Waals surface area contributed by atoms with Crippen LogP contribution in [0.1, 0.15) is 11.7 Å². The number of hydrogen-bond donors (Lipinski definition) is 0. The quantitative estimate of drug-likeness (QED) is 0.487. The molecule has 2 aromatic carbocycles. The first-order valence-electron chi connectivity index (χ1n) is 6.72. The molecule has 110 valence electrons. The lowest BCUT2D eigenvalue weighted by molar-refractivity contribution is 0.0854. The maximum absolute atomic E-state index is 6.00. The van der Waals surface area contributed by atoms with Gasteiger partial charge in [-0.2, -0.15) is 4.98 Å². The van der Waals surface area contributed by atoms with Crippen molar-refractivity contribution in [2.75, 3.05) is 6.61 Å². The lowest BCUT2D eigenvalue weighted by Gasteiger charge is -2.26. The second kappa shape index (κ2) is 5.30. The largest absolute Gasteiger partial charge is 0.481 e. The molecule has 4 nitrogen and oxygen atoms in total. The molecule has 0 radical (unpaired) electrons.